The van der Waals surface area contributed by atoms with Crippen LogP contribution in [0, 0.1) is 0 Å². The molecule has 0 aliphatic carbocycles. The molecule has 0 radical (unpaired) electrons. The number of aromatic carboxylic acids is 1. The maximum absolute atomic E-state index is 12.5. The quantitative estimate of drug-likeness (QED) is 0.882. The minimum Gasteiger partial charge on any atom is -0.478 e. The van der Waals surface area contributed by atoms with E-state index in [1.54, 1.807) is 0 Å². The van der Waals surface area contributed by atoms with Crippen molar-refractivity contribution in [3.63, 3.8) is 0 Å². The lowest BCUT2D eigenvalue weighted by atomic mass is 9.99. The number of amides is 1. The van der Waals surface area contributed by atoms with Crippen LogP contribution in [0.25, 0.3) is 0 Å². The van der Waals surface area contributed by atoms with E-state index >= 15 is 0 Å². The monoisotopic (exact) mass is 289 g/mol. The van der Waals surface area contributed by atoms with Crippen molar-refractivity contribution in [1.29, 1.82) is 0 Å². The van der Waals surface area contributed by atoms with Gasteiger partial charge in [0.1, 0.15) is 5.69 Å². The number of piperidine rings is 1. The molecule has 1 aromatic rings. The van der Waals surface area contributed by atoms with Gasteiger partial charge in [-0.05, 0) is 31.5 Å². The van der Waals surface area contributed by atoms with Crippen LogP contribution in [0.4, 0.5) is 0 Å². The summed E-state index contributed by atoms with van der Waals surface area (Å²) in [6, 6.07) is 3.40. The summed E-state index contributed by atoms with van der Waals surface area (Å²) in [6.45, 7) is 3.53. The molecule has 0 bridgehead atoms. The van der Waals surface area contributed by atoms with Crippen molar-refractivity contribution in [1.82, 2.24) is 14.8 Å². The molecule has 3 heterocycles. The maximum atomic E-state index is 12.5. The fourth-order valence-corrected chi connectivity index (χ4v) is 3.15. The Bertz CT molecular complexity index is 544. The first-order chi connectivity index (χ1) is 10.1. The summed E-state index contributed by atoms with van der Waals surface area (Å²) >= 11 is 0. The molecule has 2 aliphatic heterocycles. The lowest BCUT2D eigenvalue weighted by molar-refractivity contribution is 0.0368. The Morgan fingerprint density at radius 1 is 1.19 bits per heavy atom. The van der Waals surface area contributed by atoms with E-state index < -0.39 is 5.97 Å². The molecule has 6 nitrogen and oxygen atoms in total. The predicted octanol–water partition coefficient (Wildman–Crippen LogP) is 1.09. The minimum absolute atomic E-state index is 0.0998. The second kappa shape index (κ2) is 5.81. The third-order valence-electron chi connectivity index (χ3n) is 4.35. The number of carboxylic acid groups (broad SMARTS) is 1. The van der Waals surface area contributed by atoms with Gasteiger partial charge in [0.25, 0.3) is 5.91 Å². The summed E-state index contributed by atoms with van der Waals surface area (Å²) in [4.78, 5) is 31.6. The Balaban J connectivity index is 1.68. The molecule has 1 atom stereocenters. The van der Waals surface area contributed by atoms with Crippen molar-refractivity contribution in [2.45, 2.75) is 25.3 Å². The SMILES string of the molecule is O=C(O)c1ccc(C(=O)N2CCN3CCCCC3C2)nc1. The molecular formula is C15H19N3O3. The smallest absolute Gasteiger partial charge is 0.337 e. The van der Waals surface area contributed by atoms with Crippen LogP contribution in [0.5, 0.6) is 0 Å². The first-order valence-electron chi connectivity index (χ1n) is 7.38. The molecule has 0 saturated carbocycles. The molecule has 6 heteroatoms. The molecule has 2 fully saturated rings. The molecule has 2 saturated heterocycles. The van der Waals surface area contributed by atoms with Crippen LogP contribution in [0.3, 0.4) is 0 Å². The molecule has 3 rings (SSSR count). The number of fused-ring (bicyclic) bond motifs is 1. The normalized spacial score (nSPS) is 22.7. The van der Waals surface area contributed by atoms with Crippen molar-refractivity contribution < 1.29 is 14.7 Å². The Kier molecular flexibility index (Phi) is 3.88. The number of piperazine rings is 1. The van der Waals surface area contributed by atoms with Crippen molar-refractivity contribution in [2.24, 2.45) is 0 Å². The summed E-state index contributed by atoms with van der Waals surface area (Å²) in [7, 11) is 0. The molecule has 2 aliphatic rings. The van der Waals surface area contributed by atoms with Crippen molar-refractivity contribution in [2.75, 3.05) is 26.2 Å². The maximum Gasteiger partial charge on any atom is 0.337 e. The molecule has 112 valence electrons. The highest BCUT2D eigenvalue weighted by atomic mass is 16.4. The fraction of sp³-hybridized carbons (Fsp3) is 0.533. The second-order valence-corrected chi connectivity index (χ2v) is 5.67. The van der Waals surface area contributed by atoms with Gasteiger partial charge in [-0.25, -0.2) is 4.79 Å². The topological polar surface area (TPSA) is 73.7 Å². The van der Waals surface area contributed by atoms with Crippen LogP contribution < -0.4 is 0 Å². The van der Waals surface area contributed by atoms with Gasteiger partial charge >= 0.3 is 5.97 Å². The Hall–Kier alpha value is -1.95. The summed E-state index contributed by atoms with van der Waals surface area (Å²) in [5.74, 6) is -1.13. The third kappa shape index (κ3) is 2.90. The Morgan fingerprint density at radius 2 is 2.05 bits per heavy atom. The van der Waals surface area contributed by atoms with E-state index in [9.17, 15) is 9.59 Å². The van der Waals surface area contributed by atoms with E-state index in [0.29, 0.717) is 11.7 Å². The van der Waals surface area contributed by atoms with Crippen molar-refractivity contribution >= 4 is 11.9 Å². The van der Waals surface area contributed by atoms with E-state index in [-0.39, 0.29) is 11.5 Å². The Morgan fingerprint density at radius 3 is 2.76 bits per heavy atom. The predicted molar refractivity (Wildman–Crippen MR) is 76.3 cm³/mol. The zero-order chi connectivity index (χ0) is 14.8. The highest BCUT2D eigenvalue weighted by Gasteiger charge is 2.31. The number of carbonyl (C=O) groups is 2. The van der Waals surface area contributed by atoms with Gasteiger partial charge in [-0.2, -0.15) is 0 Å². The number of hydrogen-bond donors (Lipinski definition) is 1. The molecule has 0 aromatic carbocycles. The first-order valence-corrected chi connectivity index (χ1v) is 7.38. The average Bonchev–Trinajstić information content (AvgIpc) is 2.54. The molecule has 1 N–H and O–H groups in total. The minimum atomic E-state index is -1.03. The van der Waals surface area contributed by atoms with Gasteiger partial charge in [0, 0.05) is 31.9 Å². The zero-order valence-electron chi connectivity index (χ0n) is 11.9. The summed E-state index contributed by atoms with van der Waals surface area (Å²) in [6.07, 6.45) is 4.87. The average molecular weight is 289 g/mol. The summed E-state index contributed by atoms with van der Waals surface area (Å²) in [5.41, 5.74) is 0.424. The largest absolute Gasteiger partial charge is 0.478 e. The first kappa shape index (κ1) is 14.0. The molecule has 1 aromatic heterocycles. The van der Waals surface area contributed by atoms with Gasteiger partial charge in [0.2, 0.25) is 0 Å². The van der Waals surface area contributed by atoms with E-state index in [2.05, 4.69) is 9.88 Å². The molecular weight excluding hydrogens is 270 g/mol. The number of carbonyl (C=O) groups excluding carboxylic acids is 1. The molecule has 1 unspecified atom stereocenters. The van der Waals surface area contributed by atoms with Crippen LogP contribution in [-0.4, -0.2) is 64.0 Å². The number of carboxylic acids is 1. The number of pyridine rings is 1. The van der Waals surface area contributed by atoms with Crippen LogP contribution in [0.1, 0.15) is 40.1 Å². The lowest BCUT2D eigenvalue weighted by Crippen LogP contribution is -2.56. The standard InChI is InChI=1S/C15H19N3O3/c19-14(13-5-4-11(9-16-13)15(20)21)18-8-7-17-6-2-1-3-12(17)10-18/h4-5,9,12H,1-3,6-8,10H2,(H,20,21). The van der Waals surface area contributed by atoms with Crippen LogP contribution >= 0.6 is 0 Å². The molecule has 0 spiro atoms. The summed E-state index contributed by atoms with van der Waals surface area (Å²) in [5, 5.41) is 8.85. The highest BCUT2D eigenvalue weighted by Crippen LogP contribution is 2.21. The number of hydrogen-bond acceptors (Lipinski definition) is 4. The zero-order valence-corrected chi connectivity index (χ0v) is 11.9. The number of nitrogens with zero attached hydrogens (tertiary/aromatic N) is 3. The number of rotatable bonds is 2. The van der Waals surface area contributed by atoms with E-state index in [1.807, 2.05) is 4.90 Å². The Labute approximate surface area is 123 Å². The van der Waals surface area contributed by atoms with Gasteiger partial charge in [-0.15, -0.1) is 0 Å². The van der Waals surface area contributed by atoms with E-state index in [1.165, 1.54) is 31.2 Å². The van der Waals surface area contributed by atoms with Crippen LogP contribution in [0.2, 0.25) is 0 Å². The summed E-state index contributed by atoms with van der Waals surface area (Å²) < 4.78 is 0. The van der Waals surface area contributed by atoms with Crippen molar-refractivity contribution in [3.8, 4) is 0 Å². The van der Waals surface area contributed by atoms with E-state index in [4.69, 9.17) is 5.11 Å². The van der Waals surface area contributed by atoms with Crippen LogP contribution in [-0.2, 0) is 0 Å². The number of aromatic nitrogens is 1. The van der Waals surface area contributed by atoms with Crippen molar-refractivity contribution in [3.05, 3.63) is 29.6 Å². The molecule has 21 heavy (non-hydrogen) atoms. The van der Waals surface area contributed by atoms with Gasteiger partial charge in [0.05, 0.1) is 5.56 Å². The van der Waals surface area contributed by atoms with Gasteiger partial charge < -0.3 is 10.0 Å². The second-order valence-electron chi connectivity index (χ2n) is 5.67. The van der Waals surface area contributed by atoms with Gasteiger partial charge in [-0.3, -0.25) is 14.7 Å². The fourth-order valence-electron chi connectivity index (χ4n) is 3.15. The van der Waals surface area contributed by atoms with Gasteiger partial charge in [0.15, 0.2) is 0 Å². The van der Waals surface area contributed by atoms with Gasteiger partial charge in [-0.1, -0.05) is 6.42 Å². The lowest BCUT2D eigenvalue weighted by Gasteiger charge is -2.43. The highest BCUT2D eigenvalue weighted by molar-refractivity contribution is 5.93. The third-order valence-corrected chi connectivity index (χ3v) is 4.35. The molecule has 1 amide bonds. The van der Waals surface area contributed by atoms with E-state index in [0.717, 1.165) is 32.6 Å². The van der Waals surface area contributed by atoms with Crippen LogP contribution in [0.15, 0.2) is 18.3 Å².